The molecule has 0 fully saturated rings. The van der Waals surface area contributed by atoms with E-state index in [0.717, 1.165) is 27.5 Å². The van der Waals surface area contributed by atoms with E-state index < -0.39 is 5.97 Å². The van der Waals surface area contributed by atoms with Crippen LogP contribution in [0.3, 0.4) is 0 Å². The zero-order chi connectivity index (χ0) is 24.4. The Balaban J connectivity index is 1.37. The van der Waals surface area contributed by atoms with E-state index in [1.54, 1.807) is 18.2 Å². The van der Waals surface area contributed by atoms with Crippen LogP contribution >= 0.6 is 12.2 Å². The molecule has 0 saturated heterocycles. The van der Waals surface area contributed by atoms with Crippen LogP contribution in [0.5, 0.6) is 5.75 Å². The van der Waals surface area contributed by atoms with Crippen molar-refractivity contribution < 1.29 is 19.4 Å². The Kier molecular flexibility index (Phi) is 5.87. The van der Waals surface area contributed by atoms with Crippen molar-refractivity contribution in [2.75, 3.05) is 5.32 Å². The maximum Gasteiger partial charge on any atom is 0.335 e. The molecule has 1 aromatic heterocycles. The smallest absolute Gasteiger partial charge is 0.335 e. The number of rotatable bonds is 5. The molecule has 0 aliphatic heterocycles. The summed E-state index contributed by atoms with van der Waals surface area (Å²) < 4.78 is 5.97. The molecule has 1 heterocycles. The largest absolute Gasteiger partial charge is 0.507 e. The number of nitrogens with one attached hydrogen (secondary N) is 2. The van der Waals surface area contributed by atoms with Gasteiger partial charge in [0, 0.05) is 27.6 Å². The number of furan rings is 1. The lowest BCUT2D eigenvalue weighted by Crippen LogP contribution is -2.23. The van der Waals surface area contributed by atoms with Crippen LogP contribution in [0.1, 0.15) is 15.9 Å². The topological polar surface area (TPSA) is 107 Å². The van der Waals surface area contributed by atoms with Crippen LogP contribution in [0.4, 0.5) is 5.69 Å². The fourth-order valence-corrected chi connectivity index (χ4v) is 4.07. The number of thiocarbonyl (C=S) groups is 1. The van der Waals surface area contributed by atoms with E-state index in [2.05, 4.69) is 15.8 Å². The summed E-state index contributed by atoms with van der Waals surface area (Å²) in [6.07, 6.45) is 1.48. The van der Waals surface area contributed by atoms with Gasteiger partial charge in [-0.1, -0.05) is 42.5 Å². The third-order valence-corrected chi connectivity index (χ3v) is 5.71. The number of aromatic hydroxyl groups is 1. The van der Waals surface area contributed by atoms with Crippen molar-refractivity contribution in [1.29, 1.82) is 0 Å². The normalized spacial score (nSPS) is 11.2. The average Bonchev–Trinajstić information content (AvgIpc) is 3.24. The van der Waals surface area contributed by atoms with Crippen molar-refractivity contribution in [2.24, 2.45) is 5.10 Å². The second kappa shape index (κ2) is 9.28. The monoisotopic (exact) mass is 481 g/mol. The first-order chi connectivity index (χ1) is 17.0. The van der Waals surface area contributed by atoms with E-state index in [1.807, 2.05) is 54.6 Å². The molecule has 5 rings (SSSR count). The number of carboxylic acid groups (broad SMARTS) is 1. The van der Waals surface area contributed by atoms with Crippen molar-refractivity contribution >= 4 is 57.1 Å². The van der Waals surface area contributed by atoms with E-state index in [9.17, 15) is 9.90 Å². The third kappa shape index (κ3) is 4.42. The number of carbonyl (C=O) groups is 1. The molecule has 7 nitrogen and oxygen atoms in total. The van der Waals surface area contributed by atoms with Gasteiger partial charge in [0.05, 0.1) is 11.8 Å². The lowest BCUT2D eigenvalue weighted by atomic mass is 9.97. The van der Waals surface area contributed by atoms with E-state index in [-0.39, 0.29) is 16.4 Å². The van der Waals surface area contributed by atoms with Gasteiger partial charge in [0.1, 0.15) is 16.9 Å². The van der Waals surface area contributed by atoms with E-state index >= 15 is 0 Å². The fourth-order valence-electron chi connectivity index (χ4n) is 3.90. The van der Waals surface area contributed by atoms with Crippen molar-refractivity contribution in [1.82, 2.24) is 5.43 Å². The van der Waals surface area contributed by atoms with E-state index in [0.29, 0.717) is 16.8 Å². The molecule has 0 radical (unpaired) electrons. The lowest BCUT2D eigenvalue weighted by Gasteiger charge is -2.09. The van der Waals surface area contributed by atoms with E-state index in [1.165, 1.54) is 18.3 Å². The number of hydrogen-bond acceptors (Lipinski definition) is 5. The number of para-hydroxylation sites is 2. The summed E-state index contributed by atoms with van der Waals surface area (Å²) in [5, 5.41) is 29.2. The zero-order valence-corrected chi connectivity index (χ0v) is 19.0. The first-order valence-corrected chi connectivity index (χ1v) is 11.1. The molecule has 35 heavy (non-hydrogen) atoms. The highest BCUT2D eigenvalue weighted by Gasteiger charge is 2.15. The molecule has 5 aromatic rings. The Morgan fingerprint density at radius 2 is 1.60 bits per heavy atom. The quantitative estimate of drug-likeness (QED) is 0.139. The standard InChI is InChI=1S/C27H19N3O4S/c31-25-17(15-28-30-27(35)29-18-13-11-16(12-14-18)26(32)33)5-3-8-20(25)19-7-4-10-23-24(19)21-6-1-2-9-22(21)34-23/h1-15,31H,(H,32,33)(H2,29,30,35). The summed E-state index contributed by atoms with van der Waals surface area (Å²) in [6.45, 7) is 0. The summed E-state index contributed by atoms with van der Waals surface area (Å²) in [4.78, 5) is 11.0. The first-order valence-electron chi connectivity index (χ1n) is 10.7. The minimum atomic E-state index is -0.999. The number of carboxylic acids is 1. The predicted molar refractivity (Wildman–Crippen MR) is 141 cm³/mol. The second-order valence-corrected chi connectivity index (χ2v) is 8.14. The highest BCUT2D eigenvalue weighted by atomic mass is 32.1. The van der Waals surface area contributed by atoms with Crippen LogP contribution in [0, 0.1) is 0 Å². The Morgan fingerprint density at radius 3 is 2.40 bits per heavy atom. The molecule has 0 aliphatic carbocycles. The summed E-state index contributed by atoms with van der Waals surface area (Å²) >= 11 is 5.23. The number of anilines is 1. The summed E-state index contributed by atoms with van der Waals surface area (Å²) in [6, 6.07) is 25.2. The van der Waals surface area contributed by atoms with Crippen molar-refractivity contribution in [3.05, 3.63) is 96.1 Å². The summed E-state index contributed by atoms with van der Waals surface area (Å²) in [5.74, 6) is -0.917. The highest BCUT2D eigenvalue weighted by molar-refractivity contribution is 7.80. The van der Waals surface area contributed by atoms with Crippen LogP contribution < -0.4 is 10.7 Å². The van der Waals surface area contributed by atoms with Crippen LogP contribution in [0.25, 0.3) is 33.1 Å². The average molecular weight is 482 g/mol. The Hall–Kier alpha value is -4.69. The number of benzene rings is 4. The van der Waals surface area contributed by atoms with Crippen LogP contribution in [0.2, 0.25) is 0 Å². The molecular formula is C27H19N3O4S. The summed E-state index contributed by atoms with van der Waals surface area (Å²) in [5.41, 5.74) is 7.06. The first kappa shape index (κ1) is 22.1. The van der Waals surface area contributed by atoms with Crippen LogP contribution in [-0.2, 0) is 0 Å². The fraction of sp³-hybridized carbons (Fsp3) is 0. The zero-order valence-electron chi connectivity index (χ0n) is 18.2. The molecule has 8 heteroatoms. The van der Waals surface area contributed by atoms with Gasteiger partial charge in [0.25, 0.3) is 0 Å². The Bertz CT molecular complexity index is 1610. The molecule has 0 saturated carbocycles. The number of aromatic carboxylic acids is 1. The molecule has 0 bridgehead atoms. The molecule has 0 atom stereocenters. The molecule has 0 aliphatic rings. The van der Waals surface area contributed by atoms with Crippen molar-refractivity contribution in [3.63, 3.8) is 0 Å². The molecule has 4 N–H and O–H groups in total. The van der Waals surface area contributed by atoms with Crippen LogP contribution in [-0.4, -0.2) is 27.5 Å². The van der Waals surface area contributed by atoms with Gasteiger partial charge in [-0.15, -0.1) is 0 Å². The maximum atomic E-state index is 11.0. The minimum Gasteiger partial charge on any atom is -0.507 e. The van der Waals surface area contributed by atoms with Gasteiger partial charge in [0.15, 0.2) is 5.11 Å². The van der Waals surface area contributed by atoms with Crippen molar-refractivity contribution in [2.45, 2.75) is 0 Å². The maximum absolute atomic E-state index is 11.0. The number of hydrazone groups is 1. The molecule has 0 spiro atoms. The number of hydrogen-bond donors (Lipinski definition) is 4. The number of phenolic OH excluding ortho intramolecular Hbond substituents is 1. The van der Waals surface area contributed by atoms with Gasteiger partial charge < -0.3 is 19.9 Å². The predicted octanol–water partition coefficient (Wildman–Crippen LogP) is 5.98. The van der Waals surface area contributed by atoms with Gasteiger partial charge >= 0.3 is 5.97 Å². The molecule has 0 amide bonds. The minimum absolute atomic E-state index is 0.0824. The Morgan fingerprint density at radius 1 is 0.886 bits per heavy atom. The van der Waals surface area contributed by atoms with E-state index in [4.69, 9.17) is 21.7 Å². The second-order valence-electron chi connectivity index (χ2n) is 7.73. The molecule has 172 valence electrons. The van der Waals surface area contributed by atoms with Gasteiger partial charge in [0.2, 0.25) is 0 Å². The number of phenols is 1. The molecule has 4 aromatic carbocycles. The molecular weight excluding hydrogens is 462 g/mol. The molecule has 0 unspecified atom stereocenters. The van der Waals surface area contributed by atoms with Crippen molar-refractivity contribution in [3.8, 4) is 16.9 Å². The highest BCUT2D eigenvalue weighted by Crippen LogP contribution is 2.40. The van der Waals surface area contributed by atoms with Gasteiger partial charge in [-0.05, 0) is 60.2 Å². The van der Waals surface area contributed by atoms with Gasteiger partial charge in [-0.2, -0.15) is 5.10 Å². The van der Waals surface area contributed by atoms with Gasteiger partial charge in [-0.3, -0.25) is 5.43 Å². The number of fused-ring (bicyclic) bond motifs is 3. The summed E-state index contributed by atoms with van der Waals surface area (Å²) in [7, 11) is 0. The van der Waals surface area contributed by atoms with Gasteiger partial charge in [-0.25, -0.2) is 4.79 Å². The number of nitrogens with zero attached hydrogens (tertiary/aromatic N) is 1. The van der Waals surface area contributed by atoms with Crippen LogP contribution in [0.15, 0.2) is 94.4 Å². The Labute approximate surface area is 205 Å². The third-order valence-electron chi connectivity index (χ3n) is 5.52. The lowest BCUT2D eigenvalue weighted by molar-refractivity contribution is 0.0697. The SMILES string of the molecule is O=C(O)c1ccc(NC(=S)NN=Cc2cccc(-c3cccc4oc5ccccc5c34)c2O)cc1.